The van der Waals surface area contributed by atoms with E-state index < -0.39 is 0 Å². The molecule has 0 fully saturated rings. The molecular weight excluding hydrogens is 176 g/mol. The second-order valence-corrected chi connectivity index (χ2v) is 3.20. The Morgan fingerprint density at radius 1 is 1.36 bits per heavy atom. The molecule has 0 amide bonds. The average Bonchev–Trinajstić information content (AvgIpc) is 2.25. The van der Waals surface area contributed by atoms with Gasteiger partial charge in [-0.3, -0.25) is 0 Å². The fraction of sp³-hybridized carbons (Fsp3) is 0.333. The number of benzene rings is 1. The van der Waals surface area contributed by atoms with E-state index in [4.69, 9.17) is 9.84 Å². The molecule has 0 saturated heterocycles. The second kappa shape index (κ2) is 6.22. The van der Waals surface area contributed by atoms with Crippen LogP contribution in [0.3, 0.4) is 0 Å². The first-order valence-electron chi connectivity index (χ1n) is 4.76. The molecule has 0 bridgehead atoms. The third-order valence-electron chi connectivity index (χ3n) is 1.99. The molecule has 1 aromatic carbocycles. The quantitative estimate of drug-likeness (QED) is 0.700. The van der Waals surface area contributed by atoms with E-state index >= 15 is 0 Å². The van der Waals surface area contributed by atoms with Crippen molar-refractivity contribution >= 4 is 0 Å². The molecule has 0 aliphatic heterocycles. The number of aliphatic hydroxyl groups excluding tert-OH is 1. The molecule has 14 heavy (non-hydrogen) atoms. The fourth-order valence-corrected chi connectivity index (χ4v) is 1.16. The van der Waals surface area contributed by atoms with E-state index in [1.54, 1.807) is 6.08 Å². The summed E-state index contributed by atoms with van der Waals surface area (Å²) in [6.45, 7) is 4.31. The first-order chi connectivity index (χ1) is 6.86. The predicted octanol–water partition coefficient (Wildman–Crippen LogP) is 2.25. The molecule has 0 saturated carbocycles. The third-order valence-corrected chi connectivity index (χ3v) is 1.99. The molecule has 2 heteroatoms. The van der Waals surface area contributed by atoms with Gasteiger partial charge in [0.1, 0.15) is 5.75 Å². The van der Waals surface area contributed by atoms with Gasteiger partial charge in [0.15, 0.2) is 0 Å². The monoisotopic (exact) mass is 192 g/mol. The smallest absolute Gasteiger partial charge is 0.119 e. The van der Waals surface area contributed by atoms with Crippen LogP contribution in [0.15, 0.2) is 43.0 Å². The highest BCUT2D eigenvalue weighted by atomic mass is 16.5. The van der Waals surface area contributed by atoms with E-state index in [9.17, 15) is 0 Å². The van der Waals surface area contributed by atoms with Crippen LogP contribution in [0.25, 0.3) is 0 Å². The molecule has 0 aliphatic carbocycles. The van der Waals surface area contributed by atoms with Crippen molar-refractivity contribution in [3.63, 3.8) is 0 Å². The van der Waals surface area contributed by atoms with Crippen molar-refractivity contribution in [1.82, 2.24) is 0 Å². The van der Waals surface area contributed by atoms with Gasteiger partial charge < -0.3 is 9.84 Å². The summed E-state index contributed by atoms with van der Waals surface area (Å²) in [7, 11) is 0. The number of rotatable bonds is 6. The number of allylic oxidation sites excluding steroid dienone is 1. The van der Waals surface area contributed by atoms with Crippen LogP contribution in [0, 0.1) is 5.92 Å². The lowest BCUT2D eigenvalue weighted by atomic mass is 10.1. The summed E-state index contributed by atoms with van der Waals surface area (Å²) in [5, 5.41) is 9.01. The average molecular weight is 192 g/mol. The highest BCUT2D eigenvalue weighted by Crippen LogP contribution is 2.11. The van der Waals surface area contributed by atoms with E-state index in [-0.39, 0.29) is 12.5 Å². The topological polar surface area (TPSA) is 29.5 Å². The van der Waals surface area contributed by atoms with Crippen LogP contribution >= 0.6 is 0 Å². The largest absolute Gasteiger partial charge is 0.493 e. The number of hydrogen-bond donors (Lipinski definition) is 1. The lowest BCUT2D eigenvalue weighted by Crippen LogP contribution is -2.15. The number of aliphatic hydroxyl groups is 1. The Morgan fingerprint density at radius 3 is 2.64 bits per heavy atom. The Hall–Kier alpha value is -1.28. The van der Waals surface area contributed by atoms with Crippen molar-refractivity contribution in [3.05, 3.63) is 43.0 Å². The minimum Gasteiger partial charge on any atom is -0.493 e. The van der Waals surface area contributed by atoms with Crippen molar-refractivity contribution in [3.8, 4) is 5.75 Å². The highest BCUT2D eigenvalue weighted by Gasteiger charge is 2.05. The van der Waals surface area contributed by atoms with E-state index in [0.29, 0.717) is 6.61 Å². The Morgan fingerprint density at radius 2 is 2.07 bits per heavy atom. The Kier molecular flexibility index (Phi) is 4.79. The fourth-order valence-electron chi connectivity index (χ4n) is 1.16. The molecule has 0 radical (unpaired) electrons. The summed E-state index contributed by atoms with van der Waals surface area (Å²) >= 11 is 0. The predicted molar refractivity (Wildman–Crippen MR) is 57.3 cm³/mol. The zero-order valence-corrected chi connectivity index (χ0v) is 8.23. The van der Waals surface area contributed by atoms with E-state index in [1.807, 2.05) is 30.3 Å². The normalized spacial score (nSPS) is 12.1. The van der Waals surface area contributed by atoms with Gasteiger partial charge in [-0.15, -0.1) is 6.58 Å². The van der Waals surface area contributed by atoms with E-state index in [1.165, 1.54) is 0 Å². The molecular formula is C12H16O2. The van der Waals surface area contributed by atoms with Crippen molar-refractivity contribution in [2.45, 2.75) is 6.42 Å². The van der Waals surface area contributed by atoms with E-state index in [2.05, 4.69) is 6.58 Å². The minimum absolute atomic E-state index is 0.138. The van der Waals surface area contributed by atoms with Crippen LogP contribution in [0.4, 0.5) is 0 Å². The summed E-state index contributed by atoms with van der Waals surface area (Å²) in [4.78, 5) is 0. The summed E-state index contributed by atoms with van der Waals surface area (Å²) < 4.78 is 5.50. The standard InChI is InChI=1S/C12H16O2/c1-2-6-11(9-13)10-14-12-7-4-3-5-8-12/h2-5,7-8,11,13H,1,6,9-10H2. The molecule has 1 unspecified atom stereocenters. The zero-order chi connectivity index (χ0) is 10.2. The van der Waals surface area contributed by atoms with Crippen LogP contribution in [0.1, 0.15) is 6.42 Å². The van der Waals surface area contributed by atoms with Gasteiger partial charge in [-0.25, -0.2) is 0 Å². The van der Waals surface area contributed by atoms with Gasteiger partial charge in [0.25, 0.3) is 0 Å². The summed E-state index contributed by atoms with van der Waals surface area (Å²) in [6.07, 6.45) is 2.58. The maximum atomic E-state index is 9.01. The zero-order valence-electron chi connectivity index (χ0n) is 8.23. The summed E-state index contributed by atoms with van der Waals surface area (Å²) in [6, 6.07) is 9.61. The van der Waals surface area contributed by atoms with Crippen molar-refractivity contribution in [1.29, 1.82) is 0 Å². The Balaban J connectivity index is 2.35. The summed E-state index contributed by atoms with van der Waals surface area (Å²) in [5.74, 6) is 0.989. The minimum atomic E-state index is 0.138. The van der Waals surface area contributed by atoms with Crippen molar-refractivity contribution < 1.29 is 9.84 Å². The van der Waals surface area contributed by atoms with Crippen LogP contribution in [0.2, 0.25) is 0 Å². The summed E-state index contributed by atoms with van der Waals surface area (Å²) in [5.41, 5.74) is 0. The molecule has 76 valence electrons. The van der Waals surface area contributed by atoms with Crippen LogP contribution in [-0.4, -0.2) is 18.3 Å². The lowest BCUT2D eigenvalue weighted by Gasteiger charge is -2.13. The molecule has 1 rings (SSSR count). The molecule has 0 heterocycles. The van der Waals surface area contributed by atoms with Crippen LogP contribution in [-0.2, 0) is 0 Å². The lowest BCUT2D eigenvalue weighted by molar-refractivity contribution is 0.164. The Bertz CT molecular complexity index is 256. The SMILES string of the molecule is C=CCC(CO)COc1ccccc1. The van der Waals surface area contributed by atoms with Gasteiger partial charge >= 0.3 is 0 Å². The Labute approximate surface area is 84.8 Å². The molecule has 0 aromatic heterocycles. The molecule has 1 aromatic rings. The highest BCUT2D eigenvalue weighted by molar-refractivity contribution is 5.20. The van der Waals surface area contributed by atoms with Crippen LogP contribution < -0.4 is 4.74 Å². The van der Waals surface area contributed by atoms with Gasteiger partial charge in [0.2, 0.25) is 0 Å². The number of para-hydroxylation sites is 1. The number of ether oxygens (including phenoxy) is 1. The van der Waals surface area contributed by atoms with E-state index in [0.717, 1.165) is 12.2 Å². The number of hydrogen-bond acceptors (Lipinski definition) is 2. The van der Waals surface area contributed by atoms with Gasteiger partial charge in [-0.1, -0.05) is 24.3 Å². The van der Waals surface area contributed by atoms with Gasteiger partial charge in [0, 0.05) is 12.5 Å². The molecule has 1 atom stereocenters. The first kappa shape index (κ1) is 10.8. The molecule has 1 N–H and O–H groups in total. The molecule has 0 aliphatic rings. The maximum Gasteiger partial charge on any atom is 0.119 e. The third kappa shape index (κ3) is 3.62. The van der Waals surface area contributed by atoms with Gasteiger partial charge in [-0.2, -0.15) is 0 Å². The second-order valence-electron chi connectivity index (χ2n) is 3.20. The first-order valence-corrected chi connectivity index (χ1v) is 4.76. The van der Waals surface area contributed by atoms with Crippen molar-refractivity contribution in [2.75, 3.05) is 13.2 Å². The molecule has 0 spiro atoms. The molecule has 2 nitrogen and oxygen atoms in total. The van der Waals surface area contributed by atoms with Gasteiger partial charge in [0.05, 0.1) is 6.61 Å². The van der Waals surface area contributed by atoms with Crippen molar-refractivity contribution in [2.24, 2.45) is 5.92 Å². The van der Waals surface area contributed by atoms with Crippen LogP contribution in [0.5, 0.6) is 5.75 Å². The van der Waals surface area contributed by atoms with Gasteiger partial charge in [-0.05, 0) is 18.6 Å². The maximum absolute atomic E-state index is 9.01.